The summed E-state index contributed by atoms with van der Waals surface area (Å²) in [6, 6.07) is 19.3. The quantitative estimate of drug-likeness (QED) is 0.568. The van der Waals surface area contributed by atoms with Gasteiger partial charge < -0.3 is 15.8 Å². The van der Waals surface area contributed by atoms with Gasteiger partial charge >= 0.3 is 0 Å². The number of benzene rings is 3. The van der Waals surface area contributed by atoms with Crippen molar-refractivity contribution in [2.75, 3.05) is 19.7 Å². The van der Waals surface area contributed by atoms with Gasteiger partial charge in [0.15, 0.2) is 0 Å². The van der Waals surface area contributed by atoms with E-state index in [1.54, 1.807) is 12.1 Å². The van der Waals surface area contributed by atoms with Gasteiger partial charge in [0.25, 0.3) is 5.91 Å². The predicted molar refractivity (Wildman–Crippen MR) is 122 cm³/mol. The number of nitrogens with one attached hydrogen (secondary N) is 1. The minimum Gasteiger partial charge on any atom is -0.493 e. The molecule has 4 rings (SSSR count). The van der Waals surface area contributed by atoms with E-state index in [0.717, 1.165) is 34.4 Å². The monoisotopic (exact) mass is 440 g/mol. The molecule has 0 radical (unpaired) electrons. The Kier molecular flexibility index (Phi) is 6.28. The van der Waals surface area contributed by atoms with Crippen LogP contribution in [0.2, 0.25) is 10.0 Å². The van der Waals surface area contributed by atoms with Crippen molar-refractivity contribution < 1.29 is 9.53 Å². The van der Waals surface area contributed by atoms with Gasteiger partial charge in [0.05, 0.1) is 6.61 Å². The molecule has 30 heavy (non-hydrogen) atoms. The summed E-state index contributed by atoms with van der Waals surface area (Å²) in [5.74, 6) is 0.849. The number of hydrogen-bond donors (Lipinski definition) is 2. The Morgan fingerprint density at radius 3 is 2.67 bits per heavy atom. The van der Waals surface area contributed by atoms with Crippen molar-refractivity contribution in [3.8, 4) is 16.9 Å². The maximum Gasteiger partial charge on any atom is 0.251 e. The average Bonchev–Trinajstić information content (AvgIpc) is 2.77. The summed E-state index contributed by atoms with van der Waals surface area (Å²) >= 11 is 12.6. The van der Waals surface area contributed by atoms with Crippen LogP contribution in [0.25, 0.3) is 11.1 Å². The molecule has 0 saturated heterocycles. The SMILES string of the molecule is NCCNC(=O)c1cccc(-c2ccc3c(c2)C(c2ccc(Cl)cc2Cl)CCO3)c1. The number of nitrogens with two attached hydrogens (primary N) is 1. The largest absolute Gasteiger partial charge is 0.493 e. The van der Waals surface area contributed by atoms with Gasteiger partial charge in [-0.25, -0.2) is 0 Å². The van der Waals surface area contributed by atoms with Gasteiger partial charge in [0, 0.05) is 40.2 Å². The molecule has 1 unspecified atom stereocenters. The van der Waals surface area contributed by atoms with Crippen LogP contribution in [-0.2, 0) is 0 Å². The van der Waals surface area contributed by atoms with Crippen LogP contribution in [-0.4, -0.2) is 25.6 Å². The molecule has 0 bridgehead atoms. The first-order chi connectivity index (χ1) is 14.6. The minimum absolute atomic E-state index is 0.120. The van der Waals surface area contributed by atoms with Gasteiger partial charge in [0.2, 0.25) is 0 Å². The molecule has 154 valence electrons. The van der Waals surface area contributed by atoms with E-state index < -0.39 is 0 Å². The number of rotatable bonds is 5. The van der Waals surface area contributed by atoms with Gasteiger partial charge in [-0.1, -0.05) is 47.5 Å². The first-order valence-electron chi connectivity index (χ1n) is 9.87. The fourth-order valence-corrected chi connectivity index (χ4v) is 4.35. The zero-order valence-electron chi connectivity index (χ0n) is 16.3. The lowest BCUT2D eigenvalue weighted by atomic mass is 9.85. The van der Waals surface area contributed by atoms with E-state index in [-0.39, 0.29) is 11.8 Å². The molecule has 0 fully saturated rings. The summed E-state index contributed by atoms with van der Waals surface area (Å²) in [5.41, 5.74) is 10.2. The number of fused-ring (bicyclic) bond motifs is 1. The first-order valence-corrected chi connectivity index (χ1v) is 10.6. The summed E-state index contributed by atoms with van der Waals surface area (Å²) in [5, 5.41) is 4.08. The highest BCUT2D eigenvalue weighted by molar-refractivity contribution is 6.35. The highest BCUT2D eigenvalue weighted by Crippen LogP contribution is 2.42. The van der Waals surface area contributed by atoms with Crippen LogP contribution < -0.4 is 15.8 Å². The third-order valence-electron chi connectivity index (χ3n) is 5.28. The Morgan fingerprint density at radius 2 is 1.87 bits per heavy atom. The summed E-state index contributed by atoms with van der Waals surface area (Å²) in [6.45, 7) is 1.49. The van der Waals surface area contributed by atoms with E-state index in [1.807, 2.05) is 42.5 Å². The van der Waals surface area contributed by atoms with E-state index >= 15 is 0 Å². The minimum atomic E-state index is -0.130. The van der Waals surface area contributed by atoms with Gasteiger partial charge in [-0.05, 0) is 59.5 Å². The van der Waals surface area contributed by atoms with Gasteiger partial charge in [-0.2, -0.15) is 0 Å². The summed E-state index contributed by atoms with van der Waals surface area (Å²) in [4.78, 5) is 12.3. The zero-order valence-corrected chi connectivity index (χ0v) is 17.8. The molecule has 1 amide bonds. The molecule has 4 nitrogen and oxygen atoms in total. The lowest BCUT2D eigenvalue weighted by molar-refractivity contribution is 0.0955. The highest BCUT2D eigenvalue weighted by Gasteiger charge is 2.25. The molecule has 1 aliphatic heterocycles. The zero-order chi connectivity index (χ0) is 21.1. The van der Waals surface area contributed by atoms with E-state index in [9.17, 15) is 4.79 Å². The fraction of sp³-hybridized carbons (Fsp3) is 0.208. The van der Waals surface area contributed by atoms with Crippen molar-refractivity contribution in [1.82, 2.24) is 5.32 Å². The maximum atomic E-state index is 12.3. The first kappa shape index (κ1) is 20.7. The van der Waals surface area contributed by atoms with Crippen LogP contribution >= 0.6 is 23.2 Å². The normalized spacial score (nSPS) is 15.2. The molecule has 3 aromatic carbocycles. The molecular weight excluding hydrogens is 419 g/mol. The van der Waals surface area contributed by atoms with Crippen LogP contribution in [0.15, 0.2) is 60.7 Å². The molecule has 6 heteroatoms. The Morgan fingerprint density at radius 1 is 1.03 bits per heavy atom. The van der Waals surface area contributed by atoms with Crippen LogP contribution in [0.4, 0.5) is 0 Å². The molecular formula is C24H22Cl2N2O2. The third kappa shape index (κ3) is 4.31. The summed E-state index contributed by atoms with van der Waals surface area (Å²) in [7, 11) is 0. The Hall–Kier alpha value is -2.53. The Balaban J connectivity index is 1.70. The Labute approximate surface area is 186 Å². The molecule has 0 aromatic heterocycles. The molecule has 1 heterocycles. The van der Waals surface area contributed by atoms with Crippen molar-refractivity contribution in [3.05, 3.63) is 87.4 Å². The second-order valence-electron chi connectivity index (χ2n) is 7.23. The van der Waals surface area contributed by atoms with Crippen molar-refractivity contribution in [2.24, 2.45) is 5.73 Å². The van der Waals surface area contributed by atoms with Crippen LogP contribution in [0, 0.1) is 0 Å². The van der Waals surface area contributed by atoms with E-state index in [2.05, 4.69) is 11.4 Å². The average molecular weight is 441 g/mol. The molecule has 3 N–H and O–H groups in total. The van der Waals surface area contributed by atoms with Crippen molar-refractivity contribution in [1.29, 1.82) is 0 Å². The lowest BCUT2D eigenvalue weighted by Gasteiger charge is -2.27. The van der Waals surface area contributed by atoms with Crippen molar-refractivity contribution >= 4 is 29.1 Å². The van der Waals surface area contributed by atoms with E-state index in [0.29, 0.717) is 35.3 Å². The van der Waals surface area contributed by atoms with E-state index in [1.165, 1.54) is 0 Å². The standard InChI is InChI=1S/C24H22Cl2N2O2/c25-18-5-6-20(22(26)14-18)19-8-11-30-23-7-4-16(13-21(19)23)15-2-1-3-17(12-15)24(29)28-10-9-27/h1-7,12-14,19H,8-11,27H2,(H,28,29). The van der Waals surface area contributed by atoms with Crippen molar-refractivity contribution in [2.45, 2.75) is 12.3 Å². The summed E-state index contributed by atoms with van der Waals surface area (Å²) in [6.07, 6.45) is 0.833. The topological polar surface area (TPSA) is 64.3 Å². The third-order valence-corrected chi connectivity index (χ3v) is 5.84. The number of ether oxygens (including phenoxy) is 1. The Bertz CT molecular complexity index is 1080. The molecule has 1 aliphatic rings. The number of amides is 1. The number of hydrogen-bond acceptors (Lipinski definition) is 3. The predicted octanol–water partition coefficient (Wildman–Crippen LogP) is 5.26. The second-order valence-corrected chi connectivity index (χ2v) is 8.08. The molecule has 0 aliphatic carbocycles. The van der Waals surface area contributed by atoms with Crippen LogP contribution in [0.3, 0.4) is 0 Å². The van der Waals surface area contributed by atoms with E-state index in [4.69, 9.17) is 33.7 Å². The van der Waals surface area contributed by atoms with Crippen LogP contribution in [0.5, 0.6) is 5.75 Å². The van der Waals surface area contributed by atoms with Gasteiger partial charge in [-0.3, -0.25) is 4.79 Å². The van der Waals surface area contributed by atoms with Crippen LogP contribution in [0.1, 0.15) is 33.8 Å². The van der Waals surface area contributed by atoms with Crippen molar-refractivity contribution in [3.63, 3.8) is 0 Å². The fourth-order valence-electron chi connectivity index (χ4n) is 3.81. The second kappa shape index (κ2) is 9.09. The number of carbonyl (C=O) groups excluding carboxylic acids is 1. The summed E-state index contributed by atoms with van der Waals surface area (Å²) < 4.78 is 5.89. The highest BCUT2D eigenvalue weighted by atomic mass is 35.5. The maximum absolute atomic E-state index is 12.3. The molecule has 1 atom stereocenters. The molecule has 3 aromatic rings. The lowest BCUT2D eigenvalue weighted by Crippen LogP contribution is -2.28. The number of halogens is 2. The smallest absolute Gasteiger partial charge is 0.251 e. The molecule has 0 saturated carbocycles. The molecule has 0 spiro atoms. The van der Waals surface area contributed by atoms with Gasteiger partial charge in [-0.15, -0.1) is 0 Å². The van der Waals surface area contributed by atoms with Gasteiger partial charge in [0.1, 0.15) is 5.75 Å². The number of carbonyl (C=O) groups is 1.